The Kier molecular flexibility index (Phi) is 8.81. The molecule has 3 nitrogen and oxygen atoms in total. The van der Waals surface area contributed by atoms with Crippen molar-refractivity contribution in [1.29, 1.82) is 0 Å². The van der Waals surface area contributed by atoms with E-state index in [2.05, 4.69) is 46.8 Å². The molecule has 2 aromatic rings. The van der Waals surface area contributed by atoms with E-state index in [-0.39, 0.29) is 11.6 Å². The minimum Gasteiger partial charge on any atom is -0.366 e. The lowest BCUT2D eigenvalue weighted by Gasteiger charge is -2.31. The Morgan fingerprint density at radius 1 is 1.10 bits per heavy atom. The monoisotopic (exact) mass is 448 g/mol. The minimum atomic E-state index is -0.323. The number of thioether (sulfide) groups is 1. The van der Waals surface area contributed by atoms with Gasteiger partial charge in [0, 0.05) is 28.9 Å². The highest BCUT2D eigenvalue weighted by Crippen LogP contribution is 2.31. The maximum absolute atomic E-state index is 6.82. The van der Waals surface area contributed by atoms with Crippen LogP contribution in [0.15, 0.2) is 84.5 Å². The summed E-state index contributed by atoms with van der Waals surface area (Å²) in [6.45, 7) is 5.94. The first kappa shape index (κ1) is 22.1. The molecule has 0 aliphatic carbocycles. The fraction of sp³-hybridized carbons (Fsp3) is 0.304. The Hall–Kier alpha value is -1.59. The minimum absolute atomic E-state index is 0.273. The van der Waals surface area contributed by atoms with Gasteiger partial charge in [-0.15, -0.1) is 18.3 Å². The van der Waals surface area contributed by atoms with Crippen molar-refractivity contribution in [3.8, 4) is 0 Å². The fourth-order valence-electron chi connectivity index (χ4n) is 3.10. The van der Waals surface area contributed by atoms with E-state index in [0.717, 1.165) is 31.0 Å². The van der Waals surface area contributed by atoms with Gasteiger partial charge in [-0.25, -0.2) is 0 Å². The summed E-state index contributed by atoms with van der Waals surface area (Å²) >= 11 is 14.7. The molecule has 154 valence electrons. The Balaban J connectivity index is 1.49. The molecule has 3 rings (SSSR count). The van der Waals surface area contributed by atoms with Crippen molar-refractivity contribution in [2.24, 2.45) is 0 Å². The van der Waals surface area contributed by atoms with Crippen LogP contribution in [-0.2, 0) is 4.74 Å². The number of hydrogen-bond acceptors (Lipinski definition) is 4. The molecule has 0 radical (unpaired) electrons. The molecule has 2 atom stereocenters. The third-order valence-corrected chi connectivity index (χ3v) is 6.40. The number of nitrogens with zero attached hydrogens (tertiary/aromatic N) is 2. The number of alkyl halides is 1. The molecule has 1 aliphatic heterocycles. The summed E-state index contributed by atoms with van der Waals surface area (Å²) in [7, 11) is 0. The molecule has 0 saturated heterocycles. The molecule has 2 aromatic carbocycles. The summed E-state index contributed by atoms with van der Waals surface area (Å²) in [5.74, 6) is 1.09. The summed E-state index contributed by atoms with van der Waals surface area (Å²) < 4.78 is 5.98. The van der Waals surface area contributed by atoms with Gasteiger partial charge in [-0.3, -0.25) is 0 Å². The molecule has 1 aliphatic rings. The molecule has 29 heavy (non-hydrogen) atoms. The quantitative estimate of drug-likeness (QED) is 0.130. The van der Waals surface area contributed by atoms with Crippen molar-refractivity contribution < 1.29 is 4.74 Å². The van der Waals surface area contributed by atoms with Gasteiger partial charge in [0.2, 0.25) is 0 Å². The molecule has 0 bridgehead atoms. The van der Waals surface area contributed by atoms with Gasteiger partial charge in [-0.1, -0.05) is 59.6 Å². The van der Waals surface area contributed by atoms with Crippen LogP contribution < -0.4 is 0 Å². The molecule has 2 unspecified atom stereocenters. The lowest BCUT2D eigenvalue weighted by Crippen LogP contribution is -2.36. The van der Waals surface area contributed by atoms with Crippen LogP contribution in [0.5, 0.6) is 0 Å². The topological polar surface area (TPSA) is 15.7 Å². The highest BCUT2D eigenvalue weighted by Gasteiger charge is 2.29. The number of rotatable bonds is 11. The van der Waals surface area contributed by atoms with Crippen LogP contribution in [0.2, 0.25) is 5.02 Å². The molecule has 0 amide bonds. The summed E-state index contributed by atoms with van der Waals surface area (Å²) in [6.07, 6.45) is 6.73. The van der Waals surface area contributed by atoms with Gasteiger partial charge >= 0.3 is 0 Å². The van der Waals surface area contributed by atoms with Crippen molar-refractivity contribution in [3.05, 3.63) is 90.2 Å². The zero-order valence-corrected chi connectivity index (χ0v) is 18.6. The molecule has 0 N–H and O–H groups in total. The Labute approximate surface area is 187 Å². The van der Waals surface area contributed by atoms with E-state index in [1.165, 1.54) is 4.90 Å². The summed E-state index contributed by atoms with van der Waals surface area (Å²) in [5, 5.41) is 0.697. The van der Waals surface area contributed by atoms with Crippen LogP contribution >= 0.6 is 35.0 Å². The molecule has 1 heterocycles. The van der Waals surface area contributed by atoms with Gasteiger partial charge < -0.3 is 14.5 Å². The first-order valence-electron chi connectivity index (χ1n) is 9.65. The normalized spacial score (nSPS) is 15.5. The highest BCUT2D eigenvalue weighted by molar-refractivity contribution is 7.99. The van der Waals surface area contributed by atoms with Crippen LogP contribution in [0.25, 0.3) is 0 Å². The predicted molar refractivity (Wildman–Crippen MR) is 124 cm³/mol. The zero-order valence-electron chi connectivity index (χ0n) is 16.3. The van der Waals surface area contributed by atoms with Crippen molar-refractivity contribution >= 4 is 35.0 Å². The number of benzene rings is 2. The van der Waals surface area contributed by atoms with Crippen molar-refractivity contribution in [3.63, 3.8) is 0 Å². The van der Waals surface area contributed by atoms with Crippen LogP contribution in [-0.4, -0.2) is 40.9 Å². The number of halogens is 2. The standard InChI is InChI=1S/C23H26Cl2N2OS/c1-2-16-28-22(19-9-11-20(24)12-10-19)23(25)27-15-14-26(18-27)13-6-17-29-21-7-4-3-5-8-21/h2-5,7-12,14-15,22-23H,1,6,13,16-18H2. The lowest BCUT2D eigenvalue weighted by atomic mass is 10.1. The van der Waals surface area contributed by atoms with Crippen molar-refractivity contribution in [1.82, 2.24) is 9.80 Å². The second-order valence-electron chi connectivity index (χ2n) is 6.75. The van der Waals surface area contributed by atoms with E-state index >= 15 is 0 Å². The van der Waals surface area contributed by atoms with Crippen LogP contribution in [0.4, 0.5) is 0 Å². The molecule has 0 fully saturated rings. The Morgan fingerprint density at radius 2 is 1.86 bits per heavy atom. The molecule has 0 saturated carbocycles. The molecule has 0 aromatic heterocycles. The summed E-state index contributed by atoms with van der Waals surface area (Å²) in [4.78, 5) is 5.71. The van der Waals surface area contributed by atoms with Gasteiger partial charge in [0.15, 0.2) is 0 Å². The molecular weight excluding hydrogens is 423 g/mol. The van der Waals surface area contributed by atoms with Gasteiger partial charge in [0.1, 0.15) is 11.6 Å². The van der Waals surface area contributed by atoms with Crippen molar-refractivity contribution in [2.45, 2.75) is 22.9 Å². The van der Waals surface area contributed by atoms with Gasteiger partial charge in [0.25, 0.3) is 0 Å². The average molecular weight is 449 g/mol. The van der Waals surface area contributed by atoms with Gasteiger partial charge in [0.05, 0.1) is 13.3 Å². The SMILES string of the molecule is C=CCOC(c1ccc(Cl)cc1)C(Cl)N1C=CN(CCCSc2ccccc2)C1. The third-order valence-electron chi connectivity index (χ3n) is 4.57. The zero-order chi connectivity index (χ0) is 20.5. The summed E-state index contributed by atoms with van der Waals surface area (Å²) in [6, 6.07) is 18.2. The van der Waals surface area contributed by atoms with E-state index in [1.54, 1.807) is 6.08 Å². The maximum atomic E-state index is 6.82. The Bertz CT molecular complexity index is 785. The van der Waals surface area contributed by atoms with E-state index in [4.69, 9.17) is 27.9 Å². The first-order chi connectivity index (χ1) is 14.2. The maximum Gasteiger partial charge on any atom is 0.135 e. The second kappa shape index (κ2) is 11.6. The number of ether oxygens (including phenoxy) is 1. The van der Waals surface area contributed by atoms with Gasteiger partial charge in [-0.2, -0.15) is 0 Å². The largest absolute Gasteiger partial charge is 0.366 e. The van der Waals surface area contributed by atoms with Gasteiger partial charge in [-0.05, 0) is 42.0 Å². The van der Waals surface area contributed by atoms with E-state index in [0.29, 0.717) is 11.6 Å². The second-order valence-corrected chi connectivity index (χ2v) is 8.80. The fourth-order valence-corrected chi connectivity index (χ4v) is 4.43. The van der Waals surface area contributed by atoms with E-state index in [9.17, 15) is 0 Å². The number of hydrogen-bond donors (Lipinski definition) is 0. The molecule has 0 spiro atoms. The summed E-state index contributed by atoms with van der Waals surface area (Å²) in [5.41, 5.74) is 0.679. The predicted octanol–water partition coefficient (Wildman–Crippen LogP) is 6.38. The van der Waals surface area contributed by atoms with E-state index in [1.807, 2.05) is 48.3 Å². The molecule has 6 heteroatoms. The highest BCUT2D eigenvalue weighted by atomic mass is 35.5. The average Bonchev–Trinajstić information content (AvgIpc) is 3.22. The Morgan fingerprint density at radius 3 is 2.59 bits per heavy atom. The van der Waals surface area contributed by atoms with Crippen LogP contribution in [0, 0.1) is 0 Å². The molecular formula is C23H26Cl2N2OS. The van der Waals surface area contributed by atoms with Crippen molar-refractivity contribution in [2.75, 3.05) is 25.6 Å². The third kappa shape index (κ3) is 6.71. The van der Waals surface area contributed by atoms with Crippen LogP contribution in [0.1, 0.15) is 18.1 Å². The van der Waals surface area contributed by atoms with E-state index < -0.39 is 0 Å². The first-order valence-corrected chi connectivity index (χ1v) is 11.5. The smallest absolute Gasteiger partial charge is 0.135 e. The lowest BCUT2D eigenvalue weighted by molar-refractivity contribution is 0.0341. The van der Waals surface area contributed by atoms with Crippen LogP contribution in [0.3, 0.4) is 0 Å².